The number of carboxylic acid groups (broad SMARTS) is 1. The first-order valence-corrected chi connectivity index (χ1v) is 5.90. The van der Waals surface area contributed by atoms with Crippen LogP contribution in [0.3, 0.4) is 0 Å². The number of carboxylic acids is 1. The Morgan fingerprint density at radius 3 is 2.50 bits per heavy atom. The van der Waals surface area contributed by atoms with Gasteiger partial charge in [-0.05, 0) is 36.6 Å². The predicted octanol–water partition coefficient (Wildman–Crippen LogP) is 3.42. The van der Waals surface area contributed by atoms with Crippen molar-refractivity contribution in [3.05, 3.63) is 28.2 Å². The largest absolute Gasteiger partial charge is 0.479 e. The lowest BCUT2D eigenvalue weighted by Crippen LogP contribution is -2.23. The molecule has 0 bridgehead atoms. The van der Waals surface area contributed by atoms with Gasteiger partial charge < -0.3 is 9.84 Å². The summed E-state index contributed by atoms with van der Waals surface area (Å²) in [7, 11) is 0. The van der Waals surface area contributed by atoms with Gasteiger partial charge in [-0.15, -0.1) is 0 Å². The van der Waals surface area contributed by atoms with E-state index < -0.39 is 12.1 Å². The van der Waals surface area contributed by atoms with E-state index in [-0.39, 0.29) is 5.92 Å². The van der Waals surface area contributed by atoms with Crippen LogP contribution >= 0.6 is 15.9 Å². The smallest absolute Gasteiger partial charge is 0.344 e. The number of rotatable bonds is 4. The van der Waals surface area contributed by atoms with Gasteiger partial charge in [-0.3, -0.25) is 0 Å². The van der Waals surface area contributed by atoms with Crippen molar-refractivity contribution in [2.75, 3.05) is 0 Å². The highest BCUT2D eigenvalue weighted by Crippen LogP contribution is 2.30. The van der Waals surface area contributed by atoms with Gasteiger partial charge in [-0.1, -0.05) is 29.8 Å². The molecular weight excluding hydrogens is 272 g/mol. The molecule has 1 atom stereocenters. The Morgan fingerprint density at radius 2 is 2.00 bits per heavy atom. The molecule has 3 nitrogen and oxygen atoms in total. The number of benzene rings is 1. The van der Waals surface area contributed by atoms with Crippen LogP contribution in [0.2, 0.25) is 0 Å². The third-order valence-corrected chi connectivity index (χ3v) is 2.74. The summed E-state index contributed by atoms with van der Waals surface area (Å²) in [6.07, 6.45) is -0.835. The summed E-state index contributed by atoms with van der Waals surface area (Å²) >= 11 is 3.39. The van der Waals surface area contributed by atoms with Crippen LogP contribution in [-0.2, 0) is 4.79 Å². The summed E-state index contributed by atoms with van der Waals surface area (Å²) in [5, 5.41) is 8.79. The second-order valence-electron chi connectivity index (χ2n) is 3.94. The van der Waals surface area contributed by atoms with Gasteiger partial charge in [0.05, 0.1) is 0 Å². The molecule has 0 unspecified atom stereocenters. The Hall–Kier alpha value is -1.03. The molecule has 1 rings (SSSR count). The Labute approximate surface area is 104 Å². The van der Waals surface area contributed by atoms with E-state index in [1.54, 1.807) is 6.07 Å². The zero-order valence-corrected chi connectivity index (χ0v) is 11.1. The minimum atomic E-state index is -0.961. The maximum absolute atomic E-state index is 10.7. The topological polar surface area (TPSA) is 46.5 Å². The van der Waals surface area contributed by atoms with Crippen molar-refractivity contribution in [2.24, 2.45) is 0 Å². The molecule has 0 saturated carbocycles. The van der Waals surface area contributed by atoms with Crippen molar-refractivity contribution in [3.8, 4) is 5.75 Å². The summed E-state index contributed by atoms with van der Waals surface area (Å²) in [6.45, 7) is 5.61. The van der Waals surface area contributed by atoms with Crippen LogP contribution < -0.4 is 4.74 Å². The Kier molecular flexibility index (Phi) is 4.35. The molecule has 0 aliphatic heterocycles. The lowest BCUT2D eigenvalue weighted by atomic mass is 10.0. The fraction of sp³-hybridized carbons (Fsp3) is 0.417. The van der Waals surface area contributed by atoms with Gasteiger partial charge in [0.25, 0.3) is 0 Å². The van der Waals surface area contributed by atoms with Crippen molar-refractivity contribution in [1.82, 2.24) is 0 Å². The Bertz CT molecular complexity index is 388. The Morgan fingerprint density at radius 1 is 1.38 bits per heavy atom. The van der Waals surface area contributed by atoms with E-state index in [9.17, 15) is 4.79 Å². The average Bonchev–Trinajstić information content (AvgIpc) is 2.20. The van der Waals surface area contributed by atoms with Crippen molar-refractivity contribution in [1.29, 1.82) is 0 Å². The van der Waals surface area contributed by atoms with E-state index in [1.807, 2.05) is 26.0 Å². The van der Waals surface area contributed by atoms with Gasteiger partial charge in [-0.25, -0.2) is 4.79 Å². The molecule has 0 heterocycles. The molecule has 0 spiro atoms. The lowest BCUT2D eigenvalue weighted by Gasteiger charge is -2.16. The molecule has 0 aliphatic rings. The minimum Gasteiger partial charge on any atom is -0.479 e. The molecule has 4 heteroatoms. The maximum Gasteiger partial charge on any atom is 0.344 e. The first kappa shape index (κ1) is 13.0. The molecule has 16 heavy (non-hydrogen) atoms. The van der Waals surface area contributed by atoms with Crippen LogP contribution in [0.1, 0.15) is 32.3 Å². The molecule has 1 N–H and O–H groups in total. The van der Waals surface area contributed by atoms with Crippen molar-refractivity contribution >= 4 is 21.9 Å². The van der Waals surface area contributed by atoms with Crippen molar-refractivity contribution in [3.63, 3.8) is 0 Å². The van der Waals surface area contributed by atoms with E-state index in [2.05, 4.69) is 15.9 Å². The van der Waals surface area contributed by atoms with E-state index in [4.69, 9.17) is 9.84 Å². The summed E-state index contributed by atoms with van der Waals surface area (Å²) in [5.41, 5.74) is 1.00. The van der Waals surface area contributed by atoms with E-state index in [0.29, 0.717) is 5.75 Å². The molecule has 1 aromatic rings. The lowest BCUT2D eigenvalue weighted by molar-refractivity contribution is -0.144. The zero-order valence-electron chi connectivity index (χ0n) is 9.53. The van der Waals surface area contributed by atoms with Crippen LogP contribution in [0.5, 0.6) is 5.75 Å². The number of halogens is 1. The molecule has 1 aromatic carbocycles. The third-order valence-electron chi connectivity index (χ3n) is 2.25. The third kappa shape index (κ3) is 3.23. The van der Waals surface area contributed by atoms with Gasteiger partial charge >= 0.3 is 5.97 Å². The van der Waals surface area contributed by atoms with Crippen LogP contribution in [0.15, 0.2) is 22.7 Å². The molecule has 0 saturated heterocycles. The number of aliphatic carboxylic acids is 1. The van der Waals surface area contributed by atoms with Gasteiger partial charge in [0.2, 0.25) is 0 Å². The Balaban J connectivity index is 2.99. The average molecular weight is 287 g/mol. The van der Waals surface area contributed by atoms with Crippen LogP contribution in [0, 0.1) is 0 Å². The number of ether oxygens (including phenoxy) is 1. The van der Waals surface area contributed by atoms with Crippen molar-refractivity contribution in [2.45, 2.75) is 32.8 Å². The normalized spacial score (nSPS) is 12.6. The fourth-order valence-electron chi connectivity index (χ4n) is 1.32. The SMILES string of the molecule is CC(C)c1cc(Br)ccc1O[C@H](C)C(=O)O. The molecule has 0 fully saturated rings. The van der Waals surface area contributed by atoms with Gasteiger partial charge in [0, 0.05) is 4.47 Å². The molecule has 0 aromatic heterocycles. The van der Waals surface area contributed by atoms with Crippen LogP contribution in [-0.4, -0.2) is 17.2 Å². The molecule has 0 amide bonds. The van der Waals surface area contributed by atoms with Crippen LogP contribution in [0.25, 0.3) is 0 Å². The number of hydrogen-bond donors (Lipinski definition) is 1. The summed E-state index contributed by atoms with van der Waals surface area (Å²) in [5.74, 6) is -0.0424. The predicted molar refractivity (Wildman–Crippen MR) is 66.0 cm³/mol. The highest BCUT2D eigenvalue weighted by atomic mass is 79.9. The van der Waals surface area contributed by atoms with E-state index in [0.717, 1.165) is 10.0 Å². The molecule has 0 radical (unpaired) electrons. The van der Waals surface area contributed by atoms with E-state index in [1.165, 1.54) is 6.92 Å². The zero-order chi connectivity index (χ0) is 12.3. The highest BCUT2D eigenvalue weighted by molar-refractivity contribution is 9.10. The van der Waals surface area contributed by atoms with Gasteiger partial charge in [0.1, 0.15) is 5.75 Å². The van der Waals surface area contributed by atoms with Gasteiger partial charge in [-0.2, -0.15) is 0 Å². The first-order chi connectivity index (χ1) is 7.41. The molecular formula is C12H15BrO3. The molecule has 88 valence electrons. The monoisotopic (exact) mass is 286 g/mol. The quantitative estimate of drug-likeness (QED) is 0.923. The second kappa shape index (κ2) is 5.34. The number of hydrogen-bond acceptors (Lipinski definition) is 2. The molecule has 0 aliphatic carbocycles. The van der Waals surface area contributed by atoms with Crippen molar-refractivity contribution < 1.29 is 14.6 Å². The maximum atomic E-state index is 10.7. The summed E-state index contributed by atoms with van der Waals surface area (Å²) in [4.78, 5) is 10.7. The standard InChI is InChI=1S/C12H15BrO3/c1-7(2)10-6-9(13)4-5-11(10)16-8(3)12(14)15/h4-8H,1-3H3,(H,14,15)/t8-/m1/s1. The highest BCUT2D eigenvalue weighted by Gasteiger charge is 2.16. The van der Waals surface area contributed by atoms with E-state index >= 15 is 0 Å². The summed E-state index contributed by atoms with van der Waals surface area (Å²) in [6, 6.07) is 5.59. The minimum absolute atomic E-state index is 0.286. The fourth-order valence-corrected chi connectivity index (χ4v) is 1.70. The second-order valence-corrected chi connectivity index (χ2v) is 4.85. The number of carbonyl (C=O) groups is 1. The van der Waals surface area contributed by atoms with Crippen LogP contribution in [0.4, 0.5) is 0 Å². The first-order valence-electron chi connectivity index (χ1n) is 5.10. The van der Waals surface area contributed by atoms with Gasteiger partial charge in [0.15, 0.2) is 6.10 Å². The summed E-state index contributed by atoms with van der Waals surface area (Å²) < 4.78 is 6.37.